The van der Waals surface area contributed by atoms with Gasteiger partial charge in [0.25, 0.3) is 5.91 Å². The molecule has 0 radical (unpaired) electrons. The van der Waals surface area contributed by atoms with E-state index in [0.717, 1.165) is 24.2 Å². The number of rotatable bonds is 9. The maximum Gasteiger partial charge on any atom is 0.264 e. The van der Waals surface area contributed by atoms with Crippen LogP contribution < -0.4 is 0 Å². The van der Waals surface area contributed by atoms with Gasteiger partial charge in [-0.25, -0.2) is 4.39 Å². The minimum Gasteiger partial charge on any atom is -0.464 e. The zero-order valence-corrected chi connectivity index (χ0v) is 19.4. The zero-order valence-electron chi connectivity index (χ0n) is 18.5. The SMILES string of the molecule is Cc1ccc(CN(Cc2ccc(F)cc2)C(=O)CN(CC2CCCO2)C(=O)c2cccs2)o1. The van der Waals surface area contributed by atoms with E-state index in [1.54, 1.807) is 28.0 Å². The van der Waals surface area contributed by atoms with Crippen LogP contribution in [0.3, 0.4) is 0 Å². The Kier molecular flexibility index (Phi) is 7.57. The van der Waals surface area contributed by atoms with Gasteiger partial charge in [-0.2, -0.15) is 0 Å². The van der Waals surface area contributed by atoms with Gasteiger partial charge < -0.3 is 19.0 Å². The van der Waals surface area contributed by atoms with Gasteiger partial charge in [-0.15, -0.1) is 11.3 Å². The Balaban J connectivity index is 1.53. The molecule has 1 atom stereocenters. The average Bonchev–Trinajstić information content (AvgIpc) is 3.57. The van der Waals surface area contributed by atoms with E-state index in [-0.39, 0.29) is 43.4 Å². The lowest BCUT2D eigenvalue weighted by atomic mass is 10.2. The summed E-state index contributed by atoms with van der Waals surface area (Å²) >= 11 is 1.35. The first kappa shape index (κ1) is 23.2. The Morgan fingerprint density at radius 3 is 2.55 bits per heavy atom. The number of furan rings is 1. The summed E-state index contributed by atoms with van der Waals surface area (Å²) in [5.41, 5.74) is 0.795. The van der Waals surface area contributed by atoms with Crippen molar-refractivity contribution in [2.45, 2.75) is 39.0 Å². The number of halogens is 1. The van der Waals surface area contributed by atoms with E-state index >= 15 is 0 Å². The van der Waals surface area contributed by atoms with Crippen LogP contribution in [0.1, 0.15) is 39.6 Å². The second kappa shape index (κ2) is 10.8. The van der Waals surface area contributed by atoms with Gasteiger partial charge in [0.2, 0.25) is 5.91 Å². The Morgan fingerprint density at radius 2 is 1.91 bits per heavy atom. The van der Waals surface area contributed by atoms with Crippen molar-refractivity contribution in [1.29, 1.82) is 0 Å². The maximum atomic E-state index is 13.5. The fraction of sp³-hybridized carbons (Fsp3) is 0.360. The van der Waals surface area contributed by atoms with Crippen LogP contribution in [0.5, 0.6) is 0 Å². The molecule has 1 aliphatic rings. The second-order valence-electron chi connectivity index (χ2n) is 8.19. The van der Waals surface area contributed by atoms with E-state index in [1.165, 1.54) is 23.5 Å². The highest BCUT2D eigenvalue weighted by atomic mass is 32.1. The van der Waals surface area contributed by atoms with Gasteiger partial charge in [0.1, 0.15) is 23.9 Å². The molecule has 1 saturated heterocycles. The molecule has 1 fully saturated rings. The average molecular weight is 471 g/mol. The number of aryl methyl sites for hydroxylation is 1. The number of thiophene rings is 1. The molecule has 2 amide bonds. The van der Waals surface area contributed by atoms with Crippen molar-refractivity contribution < 1.29 is 23.1 Å². The molecule has 33 heavy (non-hydrogen) atoms. The van der Waals surface area contributed by atoms with E-state index in [9.17, 15) is 14.0 Å². The smallest absolute Gasteiger partial charge is 0.264 e. The van der Waals surface area contributed by atoms with Crippen molar-refractivity contribution in [3.8, 4) is 0 Å². The van der Waals surface area contributed by atoms with Gasteiger partial charge in [-0.05, 0) is 61.0 Å². The maximum absolute atomic E-state index is 13.5. The number of ether oxygens (including phenoxy) is 1. The van der Waals surface area contributed by atoms with Crippen molar-refractivity contribution in [3.05, 3.63) is 81.7 Å². The van der Waals surface area contributed by atoms with Crippen molar-refractivity contribution in [2.75, 3.05) is 19.7 Å². The highest BCUT2D eigenvalue weighted by molar-refractivity contribution is 7.12. The first-order valence-corrected chi connectivity index (χ1v) is 11.9. The molecule has 6 nitrogen and oxygen atoms in total. The molecule has 1 aliphatic heterocycles. The van der Waals surface area contributed by atoms with Gasteiger partial charge in [-0.3, -0.25) is 9.59 Å². The molecule has 0 saturated carbocycles. The number of benzene rings is 1. The number of carbonyl (C=O) groups excluding carboxylic acids is 2. The van der Waals surface area contributed by atoms with Crippen LogP contribution in [-0.2, 0) is 22.6 Å². The summed E-state index contributed by atoms with van der Waals surface area (Å²) in [7, 11) is 0. The third-order valence-corrected chi connectivity index (χ3v) is 6.43. The predicted octanol–water partition coefficient (Wildman–Crippen LogP) is 4.64. The molecule has 0 spiro atoms. The van der Waals surface area contributed by atoms with Crippen molar-refractivity contribution in [1.82, 2.24) is 9.80 Å². The Bertz CT molecular complexity index is 1060. The molecule has 8 heteroatoms. The minimum atomic E-state index is -0.331. The molecule has 0 N–H and O–H groups in total. The zero-order chi connectivity index (χ0) is 23.2. The van der Waals surface area contributed by atoms with Crippen molar-refractivity contribution in [3.63, 3.8) is 0 Å². The third-order valence-electron chi connectivity index (χ3n) is 5.58. The number of carbonyl (C=O) groups is 2. The number of hydrogen-bond acceptors (Lipinski definition) is 5. The van der Waals surface area contributed by atoms with Crippen LogP contribution in [-0.4, -0.2) is 47.4 Å². The molecule has 0 bridgehead atoms. The molecular weight excluding hydrogens is 443 g/mol. The molecule has 2 aromatic heterocycles. The van der Waals surface area contributed by atoms with Gasteiger partial charge in [0, 0.05) is 19.7 Å². The summed E-state index contributed by atoms with van der Waals surface area (Å²) in [6, 6.07) is 13.3. The molecule has 1 aromatic carbocycles. The quantitative estimate of drug-likeness (QED) is 0.457. The second-order valence-corrected chi connectivity index (χ2v) is 9.13. The van der Waals surface area contributed by atoms with Crippen LogP contribution in [0.25, 0.3) is 0 Å². The van der Waals surface area contributed by atoms with E-state index < -0.39 is 0 Å². The summed E-state index contributed by atoms with van der Waals surface area (Å²) in [5.74, 6) is 0.688. The fourth-order valence-corrected chi connectivity index (χ4v) is 4.56. The molecule has 0 aliphatic carbocycles. The van der Waals surface area contributed by atoms with Gasteiger partial charge in [-0.1, -0.05) is 18.2 Å². The first-order valence-electron chi connectivity index (χ1n) is 11.0. The van der Waals surface area contributed by atoms with Crippen molar-refractivity contribution >= 4 is 23.2 Å². The van der Waals surface area contributed by atoms with Crippen molar-refractivity contribution in [2.24, 2.45) is 0 Å². The fourth-order valence-electron chi connectivity index (χ4n) is 3.87. The van der Waals surface area contributed by atoms with Gasteiger partial charge in [0.05, 0.1) is 17.5 Å². The molecule has 3 aromatic rings. The largest absolute Gasteiger partial charge is 0.464 e. The van der Waals surface area contributed by atoms with E-state index in [1.807, 2.05) is 30.5 Å². The van der Waals surface area contributed by atoms with Crippen LogP contribution >= 0.6 is 11.3 Å². The van der Waals surface area contributed by atoms with E-state index in [0.29, 0.717) is 23.8 Å². The predicted molar refractivity (Wildman–Crippen MR) is 123 cm³/mol. The lowest BCUT2D eigenvalue weighted by Crippen LogP contribution is -2.45. The normalized spacial score (nSPS) is 15.5. The standard InChI is InChI=1S/C25H27FN2O4S/c1-18-6-11-22(32-18)16-27(14-19-7-9-20(26)10-8-19)24(29)17-28(15-21-4-2-12-31-21)25(30)23-5-3-13-33-23/h3,5-11,13,21H,2,4,12,14-17H2,1H3. The first-order chi connectivity index (χ1) is 16.0. The Morgan fingerprint density at radius 1 is 1.09 bits per heavy atom. The molecule has 174 valence electrons. The molecular formula is C25H27FN2O4S. The van der Waals surface area contributed by atoms with E-state index in [4.69, 9.17) is 9.15 Å². The summed E-state index contributed by atoms with van der Waals surface area (Å²) in [6.45, 7) is 3.35. The number of amides is 2. The summed E-state index contributed by atoms with van der Waals surface area (Å²) in [4.78, 5) is 30.4. The highest BCUT2D eigenvalue weighted by Crippen LogP contribution is 2.19. The monoisotopic (exact) mass is 470 g/mol. The molecule has 3 heterocycles. The highest BCUT2D eigenvalue weighted by Gasteiger charge is 2.28. The minimum absolute atomic E-state index is 0.0695. The topological polar surface area (TPSA) is 63.0 Å². The van der Waals surface area contributed by atoms with Crippen LogP contribution in [0.15, 0.2) is 58.3 Å². The third kappa shape index (κ3) is 6.30. The molecule has 1 unspecified atom stereocenters. The summed E-state index contributed by atoms with van der Waals surface area (Å²) in [6.07, 6.45) is 1.75. The lowest BCUT2D eigenvalue weighted by Gasteiger charge is -2.28. The van der Waals surface area contributed by atoms with E-state index in [2.05, 4.69) is 0 Å². The lowest BCUT2D eigenvalue weighted by molar-refractivity contribution is -0.133. The summed E-state index contributed by atoms with van der Waals surface area (Å²) < 4.78 is 24.8. The number of nitrogens with zero attached hydrogens (tertiary/aromatic N) is 2. The van der Waals surface area contributed by atoms with Crippen LogP contribution in [0, 0.1) is 12.7 Å². The molecule has 4 rings (SSSR count). The van der Waals surface area contributed by atoms with Crippen LogP contribution in [0.2, 0.25) is 0 Å². The van der Waals surface area contributed by atoms with Gasteiger partial charge >= 0.3 is 0 Å². The van der Waals surface area contributed by atoms with Gasteiger partial charge in [0.15, 0.2) is 0 Å². The Labute approximate surface area is 196 Å². The summed E-state index contributed by atoms with van der Waals surface area (Å²) in [5, 5.41) is 1.85. The Hall–Kier alpha value is -2.97. The number of hydrogen-bond donors (Lipinski definition) is 0. The van der Waals surface area contributed by atoms with Crippen LogP contribution in [0.4, 0.5) is 4.39 Å².